The van der Waals surface area contributed by atoms with Crippen molar-refractivity contribution in [3.8, 4) is 0 Å². The molecule has 3 saturated heterocycles. The van der Waals surface area contributed by atoms with E-state index < -0.39 is 0 Å². The molecule has 4 aliphatic rings. The minimum atomic E-state index is 0.121. The number of piperidine rings is 3. The zero-order valence-electron chi connectivity index (χ0n) is 11.2. The van der Waals surface area contributed by atoms with Gasteiger partial charge < -0.3 is 14.8 Å². The van der Waals surface area contributed by atoms with Crippen LogP contribution in [0.4, 0.5) is 0 Å². The van der Waals surface area contributed by atoms with Crippen LogP contribution in [0.3, 0.4) is 0 Å². The Labute approximate surface area is 113 Å². The average Bonchev–Trinajstić information content (AvgIpc) is 3.17. The lowest BCUT2D eigenvalue weighted by Gasteiger charge is -2.44. The summed E-state index contributed by atoms with van der Waals surface area (Å²) in [6.45, 7) is 3.48. The topological polar surface area (TPSA) is 37.3 Å². The van der Waals surface area contributed by atoms with Gasteiger partial charge in [0.05, 0.1) is 0 Å². The average molecular weight is 259 g/mol. The largest absolute Gasteiger partial charge is 0.346 e. The van der Waals surface area contributed by atoms with Crippen molar-refractivity contribution in [1.82, 2.24) is 14.8 Å². The summed E-state index contributed by atoms with van der Waals surface area (Å²) in [6.07, 6.45) is 6.97. The van der Waals surface area contributed by atoms with Crippen molar-refractivity contribution in [1.29, 1.82) is 0 Å². The molecule has 3 aliphatic heterocycles. The van der Waals surface area contributed by atoms with Gasteiger partial charge in [0, 0.05) is 24.8 Å². The predicted molar refractivity (Wildman–Crippen MR) is 73.1 cm³/mol. The molecule has 0 aromatic carbocycles. The van der Waals surface area contributed by atoms with E-state index in [0.717, 1.165) is 12.2 Å². The van der Waals surface area contributed by atoms with Crippen molar-refractivity contribution >= 4 is 5.91 Å². The molecule has 5 rings (SSSR count). The van der Waals surface area contributed by atoms with E-state index in [1.54, 1.807) is 0 Å². The fourth-order valence-electron chi connectivity index (χ4n) is 3.63. The fourth-order valence-corrected chi connectivity index (χ4v) is 3.63. The van der Waals surface area contributed by atoms with Crippen molar-refractivity contribution in [3.63, 3.8) is 0 Å². The van der Waals surface area contributed by atoms with E-state index in [-0.39, 0.29) is 5.91 Å². The van der Waals surface area contributed by atoms with Gasteiger partial charge in [-0.25, -0.2) is 0 Å². The van der Waals surface area contributed by atoms with Crippen molar-refractivity contribution in [3.05, 3.63) is 24.0 Å². The lowest BCUT2D eigenvalue weighted by Crippen LogP contribution is -2.57. The van der Waals surface area contributed by atoms with Gasteiger partial charge in [-0.3, -0.25) is 4.79 Å². The Bertz CT molecular complexity index is 483. The summed E-state index contributed by atoms with van der Waals surface area (Å²) >= 11 is 0. The van der Waals surface area contributed by atoms with Crippen LogP contribution in [-0.4, -0.2) is 41.1 Å². The van der Waals surface area contributed by atoms with Crippen LogP contribution >= 0.6 is 0 Å². The first kappa shape index (κ1) is 11.5. The van der Waals surface area contributed by atoms with Crippen LogP contribution in [-0.2, 0) is 0 Å². The van der Waals surface area contributed by atoms with Crippen LogP contribution in [0.2, 0.25) is 0 Å². The van der Waals surface area contributed by atoms with E-state index in [1.165, 1.54) is 38.8 Å². The van der Waals surface area contributed by atoms with Crippen LogP contribution in [0, 0.1) is 5.92 Å². The van der Waals surface area contributed by atoms with E-state index in [9.17, 15) is 4.79 Å². The Balaban J connectivity index is 1.47. The Hall–Kier alpha value is -1.29. The fraction of sp³-hybridized carbons (Fsp3) is 0.667. The maximum atomic E-state index is 12.5. The van der Waals surface area contributed by atoms with Crippen molar-refractivity contribution in [2.75, 3.05) is 19.6 Å². The predicted octanol–water partition coefficient (Wildman–Crippen LogP) is 1.65. The highest BCUT2D eigenvalue weighted by atomic mass is 16.2. The van der Waals surface area contributed by atoms with Crippen LogP contribution < -0.4 is 5.32 Å². The van der Waals surface area contributed by atoms with Crippen LogP contribution in [0.25, 0.3) is 0 Å². The molecule has 4 fully saturated rings. The minimum absolute atomic E-state index is 0.121. The van der Waals surface area contributed by atoms with E-state index in [2.05, 4.69) is 14.8 Å². The van der Waals surface area contributed by atoms with Crippen molar-refractivity contribution < 1.29 is 4.79 Å². The molecule has 1 N–H and O–H groups in total. The summed E-state index contributed by atoms with van der Waals surface area (Å²) in [6, 6.07) is 4.87. The van der Waals surface area contributed by atoms with E-state index in [0.29, 0.717) is 18.0 Å². The first-order valence-corrected chi connectivity index (χ1v) is 7.51. The highest BCUT2D eigenvalue weighted by Crippen LogP contribution is 2.36. The molecular weight excluding hydrogens is 238 g/mol. The summed E-state index contributed by atoms with van der Waals surface area (Å²) in [4.78, 5) is 14.9. The molecule has 1 amide bonds. The standard InChI is InChI=1S/C15H21N3O/c19-15(14-2-1-7-18(14)12-3-4-12)16-13-10-17-8-5-11(13)6-9-17/h1-2,7,11-13H,3-6,8-10H2,(H,16,19). The second-order valence-electron chi connectivity index (χ2n) is 6.25. The molecule has 1 aromatic heterocycles. The second-order valence-corrected chi connectivity index (χ2v) is 6.25. The molecule has 1 atom stereocenters. The third-order valence-corrected chi connectivity index (χ3v) is 4.92. The summed E-state index contributed by atoms with van der Waals surface area (Å²) < 4.78 is 2.15. The van der Waals surface area contributed by atoms with E-state index in [1.807, 2.05) is 18.3 Å². The maximum Gasteiger partial charge on any atom is 0.268 e. The number of hydrogen-bond donors (Lipinski definition) is 1. The zero-order valence-corrected chi connectivity index (χ0v) is 11.2. The summed E-state index contributed by atoms with van der Waals surface area (Å²) in [7, 11) is 0. The number of carbonyl (C=O) groups is 1. The second kappa shape index (κ2) is 4.37. The number of rotatable bonds is 3. The molecule has 1 saturated carbocycles. The number of carbonyl (C=O) groups excluding carboxylic acids is 1. The lowest BCUT2D eigenvalue weighted by molar-refractivity contribution is 0.0615. The molecular formula is C15H21N3O. The molecule has 102 valence electrons. The minimum Gasteiger partial charge on any atom is -0.346 e. The number of fused-ring (bicyclic) bond motifs is 3. The number of nitrogens with zero attached hydrogens (tertiary/aromatic N) is 2. The van der Waals surface area contributed by atoms with Crippen molar-refractivity contribution in [2.24, 2.45) is 5.92 Å². The van der Waals surface area contributed by atoms with Gasteiger partial charge in [0.25, 0.3) is 5.91 Å². The number of aromatic nitrogens is 1. The third-order valence-electron chi connectivity index (χ3n) is 4.92. The maximum absolute atomic E-state index is 12.5. The number of amides is 1. The van der Waals surface area contributed by atoms with Gasteiger partial charge in [0.1, 0.15) is 5.69 Å². The molecule has 1 aromatic rings. The van der Waals surface area contributed by atoms with Gasteiger partial charge >= 0.3 is 0 Å². The van der Waals surface area contributed by atoms with Crippen LogP contribution in [0.1, 0.15) is 42.2 Å². The highest BCUT2D eigenvalue weighted by molar-refractivity contribution is 5.93. The van der Waals surface area contributed by atoms with E-state index in [4.69, 9.17) is 0 Å². The molecule has 1 aliphatic carbocycles. The van der Waals surface area contributed by atoms with Gasteiger partial charge in [0.2, 0.25) is 0 Å². The van der Waals surface area contributed by atoms with Crippen molar-refractivity contribution in [2.45, 2.75) is 37.8 Å². The molecule has 4 heteroatoms. The Morgan fingerprint density at radius 1 is 1.21 bits per heavy atom. The number of hydrogen-bond acceptors (Lipinski definition) is 2. The summed E-state index contributed by atoms with van der Waals surface area (Å²) in [5.41, 5.74) is 0.846. The summed E-state index contributed by atoms with van der Waals surface area (Å²) in [5.74, 6) is 0.814. The Kier molecular flexibility index (Phi) is 2.65. The first-order valence-electron chi connectivity index (χ1n) is 7.51. The quantitative estimate of drug-likeness (QED) is 0.896. The molecule has 1 unspecified atom stereocenters. The van der Waals surface area contributed by atoms with Gasteiger partial charge in [-0.2, -0.15) is 0 Å². The molecule has 4 heterocycles. The Morgan fingerprint density at radius 3 is 2.63 bits per heavy atom. The monoisotopic (exact) mass is 259 g/mol. The van der Waals surface area contributed by atoms with Crippen LogP contribution in [0.5, 0.6) is 0 Å². The Morgan fingerprint density at radius 2 is 2.00 bits per heavy atom. The zero-order chi connectivity index (χ0) is 12.8. The van der Waals surface area contributed by atoms with Gasteiger partial charge in [0.15, 0.2) is 0 Å². The van der Waals surface area contributed by atoms with Gasteiger partial charge in [-0.05, 0) is 56.8 Å². The summed E-state index contributed by atoms with van der Waals surface area (Å²) in [5, 5.41) is 3.27. The van der Waals surface area contributed by atoms with Gasteiger partial charge in [-0.15, -0.1) is 0 Å². The highest BCUT2D eigenvalue weighted by Gasteiger charge is 2.35. The molecule has 0 spiro atoms. The SMILES string of the molecule is O=C(NC1CN2CCC1CC2)c1cccn1C1CC1. The molecule has 19 heavy (non-hydrogen) atoms. The molecule has 4 nitrogen and oxygen atoms in total. The lowest BCUT2D eigenvalue weighted by atomic mass is 9.84. The van der Waals surface area contributed by atoms with Crippen LogP contribution in [0.15, 0.2) is 18.3 Å². The van der Waals surface area contributed by atoms with E-state index >= 15 is 0 Å². The first-order chi connectivity index (χ1) is 9.31. The molecule has 0 radical (unpaired) electrons. The molecule has 2 bridgehead atoms. The number of nitrogens with one attached hydrogen (secondary N) is 1. The van der Waals surface area contributed by atoms with Gasteiger partial charge in [-0.1, -0.05) is 0 Å². The third kappa shape index (κ3) is 2.08. The normalized spacial score (nSPS) is 33.4. The smallest absolute Gasteiger partial charge is 0.268 e.